The van der Waals surface area contributed by atoms with Crippen LogP contribution in [0.4, 0.5) is 0 Å². The van der Waals surface area contributed by atoms with Crippen molar-refractivity contribution in [3.05, 3.63) is 70.4 Å². The Morgan fingerprint density at radius 3 is 2.61 bits per heavy atom. The molecule has 1 heterocycles. The normalized spacial score (nSPS) is 11.5. The minimum Gasteiger partial charge on any atom is -0.477 e. The molecule has 2 aromatic carbocycles. The van der Waals surface area contributed by atoms with Gasteiger partial charge in [-0.25, -0.2) is 4.79 Å². The molecule has 3 rings (SSSR count). The minimum atomic E-state index is -0.873. The van der Waals surface area contributed by atoms with E-state index in [-0.39, 0.29) is 0 Å². The zero-order chi connectivity index (χ0) is 20.3. The van der Waals surface area contributed by atoms with Crippen LogP contribution >= 0.6 is 0 Å². The van der Waals surface area contributed by atoms with Crippen LogP contribution < -0.4 is 5.32 Å². The summed E-state index contributed by atoms with van der Waals surface area (Å²) in [6.45, 7) is 10.5. The Kier molecular flexibility index (Phi) is 6.20. The first-order valence-corrected chi connectivity index (χ1v) is 9.98. The monoisotopic (exact) mass is 378 g/mol. The summed E-state index contributed by atoms with van der Waals surface area (Å²) in [6.07, 6.45) is 1.07. The number of carboxylic acids is 1. The Bertz CT molecular complexity index is 986. The van der Waals surface area contributed by atoms with Crippen molar-refractivity contribution < 1.29 is 9.90 Å². The molecule has 0 aliphatic carbocycles. The number of aryl methyl sites for hydroxylation is 2. The van der Waals surface area contributed by atoms with Gasteiger partial charge in [0, 0.05) is 29.6 Å². The summed E-state index contributed by atoms with van der Waals surface area (Å²) in [7, 11) is 0. The third kappa shape index (κ3) is 4.28. The van der Waals surface area contributed by atoms with E-state index in [9.17, 15) is 9.90 Å². The highest BCUT2D eigenvalue weighted by Crippen LogP contribution is 2.28. The number of aromatic carboxylic acids is 1. The molecule has 2 N–H and O–H groups in total. The fourth-order valence-corrected chi connectivity index (χ4v) is 3.71. The topological polar surface area (TPSA) is 54.3 Å². The number of carboxylic acid groups (broad SMARTS) is 1. The number of nitrogens with one attached hydrogen (secondary N) is 1. The largest absolute Gasteiger partial charge is 0.477 e. The number of carbonyl (C=O) groups is 1. The van der Waals surface area contributed by atoms with Gasteiger partial charge < -0.3 is 15.0 Å². The molecule has 4 heteroatoms. The zero-order valence-electron chi connectivity index (χ0n) is 17.2. The number of benzene rings is 2. The maximum atomic E-state index is 12.2. The maximum Gasteiger partial charge on any atom is 0.352 e. The molecular weight excluding hydrogens is 348 g/mol. The van der Waals surface area contributed by atoms with E-state index in [1.165, 1.54) is 11.1 Å². The molecule has 3 aromatic rings. The average Bonchev–Trinajstić information content (AvgIpc) is 2.95. The van der Waals surface area contributed by atoms with Gasteiger partial charge in [-0.2, -0.15) is 0 Å². The smallest absolute Gasteiger partial charge is 0.352 e. The Balaban J connectivity index is 2.05. The van der Waals surface area contributed by atoms with Crippen LogP contribution in [0.3, 0.4) is 0 Å². The van der Waals surface area contributed by atoms with Gasteiger partial charge in [-0.05, 0) is 49.9 Å². The lowest BCUT2D eigenvalue weighted by Gasteiger charge is -2.13. The summed E-state index contributed by atoms with van der Waals surface area (Å²) in [5.74, 6) is -0.251. The van der Waals surface area contributed by atoms with Gasteiger partial charge in [0.1, 0.15) is 5.69 Å². The van der Waals surface area contributed by atoms with Crippen molar-refractivity contribution in [1.82, 2.24) is 9.88 Å². The molecule has 0 spiro atoms. The molecular formula is C24H30N2O2. The molecule has 0 bridgehead atoms. The molecule has 1 aromatic heterocycles. The Morgan fingerprint density at radius 2 is 1.89 bits per heavy atom. The fourth-order valence-electron chi connectivity index (χ4n) is 3.71. The lowest BCUT2D eigenvalue weighted by molar-refractivity contribution is 0.0684. The molecule has 28 heavy (non-hydrogen) atoms. The highest BCUT2D eigenvalue weighted by atomic mass is 16.4. The fraction of sp³-hybridized carbons (Fsp3) is 0.375. The first-order chi connectivity index (χ1) is 13.4. The van der Waals surface area contributed by atoms with Crippen LogP contribution in [0.25, 0.3) is 10.9 Å². The molecule has 0 radical (unpaired) electrons. The SMILES string of the molecule is Cc1ccc(C)c(Cn2c(C(=O)O)c(CNCCC(C)C)c3ccccc32)c1. The first kappa shape index (κ1) is 20.2. The predicted octanol–water partition coefficient (Wildman–Crippen LogP) is 5.14. The summed E-state index contributed by atoms with van der Waals surface area (Å²) in [5, 5.41) is 14.5. The molecule has 0 atom stereocenters. The first-order valence-electron chi connectivity index (χ1n) is 9.98. The van der Waals surface area contributed by atoms with Crippen molar-refractivity contribution in [1.29, 1.82) is 0 Å². The van der Waals surface area contributed by atoms with Crippen LogP contribution in [0.5, 0.6) is 0 Å². The third-order valence-electron chi connectivity index (χ3n) is 5.31. The molecule has 0 fully saturated rings. The van der Waals surface area contributed by atoms with Crippen molar-refractivity contribution in [2.75, 3.05) is 6.54 Å². The highest BCUT2D eigenvalue weighted by molar-refractivity contribution is 5.98. The second-order valence-corrected chi connectivity index (χ2v) is 8.02. The van der Waals surface area contributed by atoms with Crippen LogP contribution in [0.15, 0.2) is 42.5 Å². The summed E-state index contributed by atoms with van der Waals surface area (Å²) in [4.78, 5) is 12.2. The summed E-state index contributed by atoms with van der Waals surface area (Å²) < 4.78 is 1.96. The van der Waals surface area contributed by atoms with Crippen LogP contribution in [0, 0.1) is 19.8 Å². The van der Waals surface area contributed by atoms with E-state index >= 15 is 0 Å². The standard InChI is InChI=1S/C24H30N2O2/c1-16(2)11-12-25-14-21-20-7-5-6-8-22(20)26(23(21)24(27)28)15-19-13-17(3)9-10-18(19)4/h5-10,13,16,25H,11-12,14-15H2,1-4H3,(H,27,28). The van der Waals surface area contributed by atoms with Crippen molar-refractivity contribution in [2.24, 2.45) is 5.92 Å². The molecule has 0 saturated carbocycles. The molecule has 0 saturated heterocycles. The zero-order valence-corrected chi connectivity index (χ0v) is 17.2. The van der Waals surface area contributed by atoms with Gasteiger partial charge in [0.25, 0.3) is 0 Å². The van der Waals surface area contributed by atoms with E-state index in [2.05, 4.69) is 51.2 Å². The van der Waals surface area contributed by atoms with Gasteiger partial charge in [-0.3, -0.25) is 0 Å². The van der Waals surface area contributed by atoms with Crippen molar-refractivity contribution in [3.63, 3.8) is 0 Å². The van der Waals surface area contributed by atoms with Gasteiger partial charge in [0.15, 0.2) is 0 Å². The molecule has 0 aliphatic heterocycles. The quantitative estimate of drug-likeness (QED) is 0.534. The summed E-state index contributed by atoms with van der Waals surface area (Å²) in [5.41, 5.74) is 5.75. The molecule has 148 valence electrons. The Morgan fingerprint density at radius 1 is 1.14 bits per heavy atom. The van der Waals surface area contributed by atoms with Gasteiger partial charge in [-0.15, -0.1) is 0 Å². The van der Waals surface area contributed by atoms with Crippen LogP contribution in [-0.4, -0.2) is 22.2 Å². The average molecular weight is 379 g/mol. The van der Waals surface area contributed by atoms with Crippen molar-refractivity contribution in [2.45, 2.75) is 47.2 Å². The number of aromatic nitrogens is 1. The van der Waals surface area contributed by atoms with E-state index in [0.717, 1.165) is 35.0 Å². The van der Waals surface area contributed by atoms with Crippen LogP contribution in [0.2, 0.25) is 0 Å². The Labute approximate surface area is 167 Å². The van der Waals surface area contributed by atoms with E-state index in [0.29, 0.717) is 24.7 Å². The summed E-state index contributed by atoms with van der Waals surface area (Å²) >= 11 is 0. The maximum absolute atomic E-state index is 12.2. The van der Waals surface area contributed by atoms with Crippen LogP contribution in [-0.2, 0) is 13.1 Å². The highest BCUT2D eigenvalue weighted by Gasteiger charge is 2.22. The predicted molar refractivity (Wildman–Crippen MR) is 115 cm³/mol. The second kappa shape index (κ2) is 8.61. The van der Waals surface area contributed by atoms with Gasteiger partial charge >= 0.3 is 5.97 Å². The van der Waals surface area contributed by atoms with Crippen molar-refractivity contribution in [3.8, 4) is 0 Å². The van der Waals surface area contributed by atoms with E-state index in [1.54, 1.807) is 0 Å². The van der Waals surface area contributed by atoms with E-state index < -0.39 is 5.97 Å². The number of rotatable bonds is 8. The molecule has 0 aliphatic rings. The number of fused-ring (bicyclic) bond motifs is 1. The van der Waals surface area contributed by atoms with Crippen LogP contribution in [0.1, 0.15) is 53.0 Å². The van der Waals surface area contributed by atoms with Gasteiger partial charge in [-0.1, -0.05) is 55.8 Å². The van der Waals surface area contributed by atoms with Gasteiger partial charge in [0.05, 0.1) is 0 Å². The lowest BCUT2D eigenvalue weighted by Crippen LogP contribution is -2.19. The van der Waals surface area contributed by atoms with E-state index in [4.69, 9.17) is 0 Å². The Hall–Kier alpha value is -2.59. The molecule has 0 unspecified atom stereocenters. The van der Waals surface area contributed by atoms with E-state index in [1.807, 2.05) is 28.8 Å². The van der Waals surface area contributed by atoms with Crippen molar-refractivity contribution >= 4 is 16.9 Å². The lowest BCUT2D eigenvalue weighted by atomic mass is 10.1. The summed E-state index contributed by atoms with van der Waals surface area (Å²) in [6, 6.07) is 14.3. The third-order valence-corrected chi connectivity index (χ3v) is 5.31. The molecule has 4 nitrogen and oxygen atoms in total. The van der Waals surface area contributed by atoms with Gasteiger partial charge in [0.2, 0.25) is 0 Å². The number of nitrogens with zero attached hydrogens (tertiary/aromatic N) is 1. The molecule has 0 amide bonds. The minimum absolute atomic E-state index is 0.388. The second-order valence-electron chi connectivity index (χ2n) is 8.02. The number of hydrogen-bond donors (Lipinski definition) is 2. The number of hydrogen-bond acceptors (Lipinski definition) is 2. The number of para-hydroxylation sites is 1.